The highest BCUT2D eigenvalue weighted by molar-refractivity contribution is 6.32. The van der Waals surface area contributed by atoms with Gasteiger partial charge < -0.3 is 9.47 Å². The van der Waals surface area contributed by atoms with Crippen molar-refractivity contribution >= 4 is 11.6 Å². The van der Waals surface area contributed by atoms with Crippen LogP contribution in [0.5, 0.6) is 5.75 Å². The van der Waals surface area contributed by atoms with E-state index in [0.29, 0.717) is 17.2 Å². The highest BCUT2D eigenvalue weighted by atomic mass is 35.5. The summed E-state index contributed by atoms with van der Waals surface area (Å²) in [5, 5.41) is 0.476. The summed E-state index contributed by atoms with van der Waals surface area (Å²) in [6.45, 7) is -0.954. The first-order valence-electron chi connectivity index (χ1n) is 5.01. The molecule has 0 unspecified atom stereocenters. The smallest absolute Gasteiger partial charge is 0.411 e. The molecule has 2 nitrogen and oxygen atoms in total. The first-order valence-corrected chi connectivity index (χ1v) is 5.38. The lowest BCUT2D eigenvalue weighted by Gasteiger charge is -2.09. The van der Waals surface area contributed by atoms with Crippen molar-refractivity contribution in [2.24, 2.45) is 0 Å². The van der Waals surface area contributed by atoms with Gasteiger partial charge in [0.2, 0.25) is 0 Å². The van der Waals surface area contributed by atoms with Crippen LogP contribution in [0.4, 0.5) is 13.2 Å². The van der Waals surface area contributed by atoms with Crippen molar-refractivity contribution in [3.63, 3.8) is 0 Å². The van der Waals surface area contributed by atoms with Crippen molar-refractivity contribution in [2.75, 3.05) is 19.8 Å². The molecule has 1 rings (SSSR count). The summed E-state index contributed by atoms with van der Waals surface area (Å²) in [5.41, 5.74) is 0. The summed E-state index contributed by atoms with van der Waals surface area (Å²) < 4.78 is 44.8. The van der Waals surface area contributed by atoms with Crippen LogP contribution >= 0.6 is 11.6 Å². The second-order valence-electron chi connectivity index (χ2n) is 3.30. The minimum atomic E-state index is -4.27. The van der Waals surface area contributed by atoms with E-state index in [1.54, 1.807) is 24.3 Å². The molecule has 0 atom stereocenters. The molecule has 0 aliphatic rings. The number of benzene rings is 1. The molecule has 0 heterocycles. The predicted octanol–water partition coefficient (Wildman–Crippen LogP) is 3.69. The number of hydrogen-bond donors (Lipinski definition) is 0. The summed E-state index contributed by atoms with van der Waals surface area (Å²) in [6, 6.07) is 6.90. The van der Waals surface area contributed by atoms with E-state index in [2.05, 4.69) is 4.74 Å². The van der Waals surface area contributed by atoms with Crippen LogP contribution in [0.1, 0.15) is 6.42 Å². The Kier molecular flexibility index (Phi) is 5.58. The Labute approximate surface area is 102 Å². The van der Waals surface area contributed by atoms with Crippen LogP contribution in [0.3, 0.4) is 0 Å². The molecule has 6 heteroatoms. The van der Waals surface area contributed by atoms with Crippen LogP contribution in [0.2, 0.25) is 5.02 Å². The maximum absolute atomic E-state index is 11.7. The normalized spacial score (nSPS) is 11.5. The molecule has 0 spiro atoms. The van der Waals surface area contributed by atoms with Gasteiger partial charge in [0.15, 0.2) is 0 Å². The fourth-order valence-electron chi connectivity index (χ4n) is 1.09. The van der Waals surface area contributed by atoms with E-state index in [1.807, 2.05) is 0 Å². The van der Waals surface area contributed by atoms with Crippen molar-refractivity contribution in [2.45, 2.75) is 12.6 Å². The molecule has 0 saturated carbocycles. The van der Waals surface area contributed by atoms with Gasteiger partial charge in [0.1, 0.15) is 12.4 Å². The van der Waals surface area contributed by atoms with Crippen molar-refractivity contribution < 1.29 is 22.6 Å². The molecule has 1 aromatic rings. The van der Waals surface area contributed by atoms with E-state index < -0.39 is 12.8 Å². The van der Waals surface area contributed by atoms with E-state index in [9.17, 15) is 13.2 Å². The quantitative estimate of drug-likeness (QED) is 0.733. The Morgan fingerprint density at radius 3 is 2.47 bits per heavy atom. The van der Waals surface area contributed by atoms with Gasteiger partial charge >= 0.3 is 6.18 Å². The van der Waals surface area contributed by atoms with Crippen molar-refractivity contribution in [3.8, 4) is 5.75 Å². The number of alkyl halides is 3. The molecule has 0 amide bonds. The number of halogens is 4. The average Bonchev–Trinajstić information content (AvgIpc) is 2.24. The van der Waals surface area contributed by atoms with Gasteiger partial charge in [0.05, 0.1) is 18.2 Å². The van der Waals surface area contributed by atoms with Gasteiger partial charge in [-0.1, -0.05) is 23.7 Å². The third-order valence-corrected chi connectivity index (χ3v) is 2.11. The Bertz CT molecular complexity index is 342. The number of rotatable bonds is 6. The first-order chi connectivity index (χ1) is 7.99. The van der Waals surface area contributed by atoms with E-state index in [1.165, 1.54) is 0 Å². The predicted molar refractivity (Wildman–Crippen MR) is 58.4 cm³/mol. The molecule has 17 heavy (non-hydrogen) atoms. The molecule has 0 saturated heterocycles. The standard InChI is InChI=1S/C11H12ClF3O2/c12-9-4-1-2-5-10(9)17-7-3-6-16-8-11(13,14)15/h1-2,4-5H,3,6-8H2. The van der Waals surface area contributed by atoms with E-state index in [4.69, 9.17) is 16.3 Å². The zero-order valence-electron chi connectivity index (χ0n) is 8.97. The molecule has 0 N–H and O–H groups in total. The fraction of sp³-hybridized carbons (Fsp3) is 0.455. The molecule has 0 aliphatic carbocycles. The van der Waals surface area contributed by atoms with E-state index in [0.717, 1.165) is 0 Å². The lowest BCUT2D eigenvalue weighted by Crippen LogP contribution is -2.18. The van der Waals surface area contributed by atoms with E-state index in [-0.39, 0.29) is 13.2 Å². The maximum atomic E-state index is 11.7. The molecular weight excluding hydrogens is 257 g/mol. The van der Waals surface area contributed by atoms with Gasteiger partial charge in [0, 0.05) is 6.42 Å². The summed E-state index contributed by atoms with van der Waals surface area (Å²) in [6.07, 6.45) is -3.90. The van der Waals surface area contributed by atoms with Gasteiger partial charge in [-0.2, -0.15) is 13.2 Å². The van der Waals surface area contributed by atoms with Gasteiger partial charge in [-0.25, -0.2) is 0 Å². The van der Waals surface area contributed by atoms with Crippen LogP contribution in [0.15, 0.2) is 24.3 Å². The minimum Gasteiger partial charge on any atom is -0.492 e. The molecular formula is C11H12ClF3O2. The summed E-state index contributed by atoms with van der Waals surface area (Å²) in [7, 11) is 0. The van der Waals surface area contributed by atoms with Gasteiger partial charge in [0.25, 0.3) is 0 Å². The Morgan fingerprint density at radius 1 is 1.12 bits per heavy atom. The van der Waals surface area contributed by atoms with Crippen molar-refractivity contribution in [1.29, 1.82) is 0 Å². The highest BCUT2D eigenvalue weighted by Crippen LogP contribution is 2.23. The zero-order valence-corrected chi connectivity index (χ0v) is 9.72. The second-order valence-corrected chi connectivity index (χ2v) is 3.71. The summed E-state index contributed by atoms with van der Waals surface area (Å²) >= 11 is 5.82. The number of para-hydroxylation sites is 1. The third kappa shape index (κ3) is 6.38. The molecule has 96 valence electrons. The minimum absolute atomic E-state index is 0.00393. The van der Waals surface area contributed by atoms with Gasteiger partial charge in [-0.15, -0.1) is 0 Å². The zero-order chi connectivity index (χ0) is 12.7. The highest BCUT2D eigenvalue weighted by Gasteiger charge is 2.27. The molecule has 0 fully saturated rings. The lowest BCUT2D eigenvalue weighted by atomic mass is 10.3. The molecule has 0 aliphatic heterocycles. The molecule has 1 aromatic carbocycles. The van der Waals surface area contributed by atoms with Crippen molar-refractivity contribution in [3.05, 3.63) is 29.3 Å². The van der Waals surface area contributed by atoms with Crippen LogP contribution in [0.25, 0.3) is 0 Å². The van der Waals surface area contributed by atoms with Crippen molar-refractivity contribution in [1.82, 2.24) is 0 Å². The monoisotopic (exact) mass is 268 g/mol. The molecule has 0 aromatic heterocycles. The van der Waals surface area contributed by atoms with Crippen LogP contribution in [0, 0.1) is 0 Å². The maximum Gasteiger partial charge on any atom is 0.411 e. The van der Waals surface area contributed by atoms with E-state index >= 15 is 0 Å². The molecule has 0 bridgehead atoms. The van der Waals surface area contributed by atoms with Crippen LogP contribution in [-0.2, 0) is 4.74 Å². The lowest BCUT2D eigenvalue weighted by molar-refractivity contribution is -0.174. The molecule has 0 radical (unpaired) electrons. The average molecular weight is 269 g/mol. The Balaban J connectivity index is 2.11. The van der Waals surface area contributed by atoms with Gasteiger partial charge in [-0.3, -0.25) is 0 Å². The SMILES string of the molecule is FC(F)(F)COCCCOc1ccccc1Cl. The Morgan fingerprint density at radius 2 is 1.82 bits per heavy atom. The van der Waals surface area contributed by atoms with Crippen LogP contribution < -0.4 is 4.74 Å². The first kappa shape index (κ1) is 14.1. The van der Waals surface area contributed by atoms with Crippen LogP contribution in [-0.4, -0.2) is 26.0 Å². The number of hydrogen-bond acceptors (Lipinski definition) is 2. The van der Waals surface area contributed by atoms with Gasteiger partial charge in [-0.05, 0) is 12.1 Å². The summed E-state index contributed by atoms with van der Waals surface area (Å²) in [4.78, 5) is 0. The largest absolute Gasteiger partial charge is 0.492 e. The fourth-order valence-corrected chi connectivity index (χ4v) is 1.28. The second kappa shape index (κ2) is 6.71. The summed E-state index contributed by atoms with van der Waals surface area (Å²) in [5.74, 6) is 0.519. The Hall–Kier alpha value is -0.940. The topological polar surface area (TPSA) is 18.5 Å². The third-order valence-electron chi connectivity index (χ3n) is 1.79. The number of ether oxygens (including phenoxy) is 2.